The molecule has 6 atom stereocenters. The molecule has 1 aliphatic rings. The van der Waals surface area contributed by atoms with Crippen molar-refractivity contribution in [2.24, 2.45) is 5.11 Å². The first-order chi connectivity index (χ1) is 17.5. The van der Waals surface area contributed by atoms with Gasteiger partial charge in [0.2, 0.25) is 0 Å². The summed E-state index contributed by atoms with van der Waals surface area (Å²) in [5, 5.41) is 16.8. The van der Waals surface area contributed by atoms with Crippen molar-refractivity contribution < 1.29 is 33.0 Å². The number of nitrogens with zero attached hydrogens (tertiary/aromatic N) is 5. The Balaban J connectivity index is 1.81. The van der Waals surface area contributed by atoms with Crippen LogP contribution in [0.2, 0.25) is 0 Å². The molecule has 1 aromatic heterocycles. The molecule has 2 heterocycles. The molecule has 1 fully saturated rings. The van der Waals surface area contributed by atoms with E-state index in [9.17, 15) is 19.3 Å². The lowest BCUT2D eigenvalue weighted by Gasteiger charge is -2.25. The smallest absolute Gasteiger partial charge is 0.459 e. The maximum atomic E-state index is 13.6. The van der Waals surface area contributed by atoms with Crippen LogP contribution in [-0.4, -0.2) is 57.6 Å². The number of hydrogen-bond donors (Lipinski definition) is 3. The molecule has 1 aromatic carbocycles. The highest BCUT2D eigenvalue weighted by Crippen LogP contribution is 2.46. The number of nitrogen functional groups attached to an aromatic ring is 1. The lowest BCUT2D eigenvalue weighted by molar-refractivity contribution is -0.149. The third-order valence-electron chi connectivity index (χ3n) is 5.08. The molecule has 3 rings (SSSR count). The predicted molar refractivity (Wildman–Crippen MR) is 130 cm³/mol. The quantitative estimate of drug-likeness (QED) is 0.124. The van der Waals surface area contributed by atoms with Gasteiger partial charge in [0.05, 0.1) is 18.8 Å². The fraction of sp³-hybridized carbons (Fsp3) is 0.476. The van der Waals surface area contributed by atoms with Gasteiger partial charge in [0.15, 0.2) is 0 Å². The van der Waals surface area contributed by atoms with Gasteiger partial charge in [-0.15, -0.1) is 0 Å². The molecular formula is C21H28N7O8P. The van der Waals surface area contributed by atoms with Crippen molar-refractivity contribution in [2.45, 2.75) is 57.4 Å². The Kier molecular flexibility index (Phi) is 9.27. The molecule has 200 valence electrons. The molecule has 0 aliphatic carbocycles. The van der Waals surface area contributed by atoms with Gasteiger partial charge in [-0.3, -0.25) is 13.9 Å². The average molecular weight is 537 g/mol. The van der Waals surface area contributed by atoms with Crippen LogP contribution in [0.15, 0.2) is 52.5 Å². The maximum absolute atomic E-state index is 13.6. The largest absolute Gasteiger partial charge is 0.462 e. The number of esters is 1. The molecule has 2 aromatic rings. The SMILES string of the molecule is CC(C)OC(=O)[C@@H](C)NP(=O)(OC[C@H]1O[C@@H](n2ccc(N)nc2=O)C(N=[N+]=[N-])[C@@H]1O)Oc1ccccc1. The first-order valence-electron chi connectivity index (χ1n) is 11.2. The van der Waals surface area contributed by atoms with Crippen LogP contribution >= 0.6 is 7.75 Å². The number of aliphatic hydroxyl groups excluding tert-OH is 1. The highest BCUT2D eigenvalue weighted by atomic mass is 31.2. The molecule has 0 bridgehead atoms. The zero-order valence-electron chi connectivity index (χ0n) is 20.3. The Hall–Kier alpha value is -3.45. The number of aliphatic hydroxyl groups is 1. The summed E-state index contributed by atoms with van der Waals surface area (Å²) in [6.07, 6.45) is -3.05. The number of hydrogen-bond acceptors (Lipinski definition) is 11. The Morgan fingerprint density at radius 1 is 1.35 bits per heavy atom. The lowest BCUT2D eigenvalue weighted by Crippen LogP contribution is -2.38. The zero-order valence-corrected chi connectivity index (χ0v) is 21.2. The summed E-state index contributed by atoms with van der Waals surface area (Å²) in [6, 6.07) is 7.08. The number of ether oxygens (including phenoxy) is 2. The Morgan fingerprint density at radius 3 is 2.68 bits per heavy atom. The third-order valence-corrected chi connectivity index (χ3v) is 6.73. The van der Waals surface area contributed by atoms with E-state index in [4.69, 9.17) is 29.8 Å². The number of rotatable bonds is 11. The van der Waals surface area contributed by atoms with Crippen LogP contribution in [0.3, 0.4) is 0 Å². The second-order valence-electron chi connectivity index (χ2n) is 8.33. The van der Waals surface area contributed by atoms with Gasteiger partial charge in [0.25, 0.3) is 0 Å². The minimum absolute atomic E-state index is 0.0322. The highest BCUT2D eigenvalue weighted by Gasteiger charge is 2.46. The molecule has 0 amide bonds. The minimum Gasteiger partial charge on any atom is -0.462 e. The minimum atomic E-state index is -4.26. The van der Waals surface area contributed by atoms with Gasteiger partial charge < -0.3 is 24.8 Å². The number of azide groups is 1. The molecule has 2 unspecified atom stereocenters. The molecule has 4 N–H and O–H groups in total. The number of carbonyl (C=O) groups is 1. The van der Waals surface area contributed by atoms with E-state index in [2.05, 4.69) is 20.1 Å². The molecule has 1 saturated heterocycles. The van der Waals surface area contributed by atoms with Gasteiger partial charge >= 0.3 is 19.4 Å². The molecule has 15 nitrogen and oxygen atoms in total. The van der Waals surface area contributed by atoms with Crippen molar-refractivity contribution in [3.05, 3.63) is 63.5 Å². The van der Waals surface area contributed by atoms with Gasteiger partial charge in [-0.25, -0.2) is 9.36 Å². The Labute approximate surface area is 211 Å². The summed E-state index contributed by atoms with van der Waals surface area (Å²) in [6.45, 7) is 4.22. The van der Waals surface area contributed by atoms with Crippen LogP contribution < -0.4 is 21.0 Å². The number of para-hydroxylation sites is 1. The fourth-order valence-electron chi connectivity index (χ4n) is 3.41. The number of carbonyl (C=O) groups excluding carboxylic acids is 1. The summed E-state index contributed by atoms with van der Waals surface area (Å²) in [7, 11) is -4.26. The van der Waals surface area contributed by atoms with E-state index in [0.717, 1.165) is 4.57 Å². The average Bonchev–Trinajstić information content (AvgIpc) is 3.13. The van der Waals surface area contributed by atoms with E-state index in [0.29, 0.717) is 0 Å². The first-order valence-corrected chi connectivity index (χ1v) is 12.8. The first kappa shape index (κ1) is 28.1. The van der Waals surface area contributed by atoms with E-state index in [1.54, 1.807) is 32.0 Å². The predicted octanol–water partition coefficient (Wildman–Crippen LogP) is 1.90. The van der Waals surface area contributed by atoms with Gasteiger partial charge in [0.1, 0.15) is 36.0 Å². The van der Waals surface area contributed by atoms with E-state index >= 15 is 0 Å². The Bertz CT molecular complexity index is 1240. The van der Waals surface area contributed by atoms with E-state index in [1.165, 1.54) is 31.3 Å². The van der Waals surface area contributed by atoms with Crippen LogP contribution in [0.4, 0.5) is 5.82 Å². The molecule has 0 spiro atoms. The summed E-state index contributed by atoms with van der Waals surface area (Å²) in [4.78, 5) is 30.9. The number of benzene rings is 1. The topological polar surface area (TPSA) is 213 Å². The van der Waals surface area contributed by atoms with Gasteiger partial charge in [0, 0.05) is 11.1 Å². The van der Waals surface area contributed by atoms with Crippen molar-refractivity contribution in [2.75, 3.05) is 12.3 Å². The van der Waals surface area contributed by atoms with E-state index < -0.39 is 62.6 Å². The summed E-state index contributed by atoms with van der Waals surface area (Å²) in [5.74, 6) is -0.540. The fourth-order valence-corrected chi connectivity index (χ4v) is 4.91. The molecular weight excluding hydrogens is 509 g/mol. The molecule has 0 saturated carbocycles. The zero-order chi connectivity index (χ0) is 27.2. The Morgan fingerprint density at radius 2 is 2.05 bits per heavy atom. The van der Waals surface area contributed by atoms with Crippen molar-refractivity contribution in [3.8, 4) is 5.75 Å². The molecule has 37 heavy (non-hydrogen) atoms. The van der Waals surface area contributed by atoms with Gasteiger partial charge in [-0.1, -0.05) is 23.3 Å². The second-order valence-corrected chi connectivity index (χ2v) is 10.0. The van der Waals surface area contributed by atoms with Crippen molar-refractivity contribution in [1.29, 1.82) is 0 Å². The standard InChI is InChI=1S/C21H28N7O8P/c1-12(2)34-20(30)13(3)26-37(32,36-14-7-5-4-6-8-14)33-11-15-18(29)17(25-27-23)19(35-15)28-10-9-16(22)24-21(28)31/h4-10,12-13,15,17-19,29H,11H2,1-3H3,(H,26,32)(H2,22,24,31)/t13-,15-,17?,18-,19-,37?/m1/s1. The molecule has 16 heteroatoms. The number of nitrogens with one attached hydrogen (secondary N) is 1. The molecule has 1 aliphatic heterocycles. The normalized spacial score (nSPS) is 23.6. The lowest BCUT2D eigenvalue weighted by atomic mass is 10.1. The van der Waals surface area contributed by atoms with Crippen LogP contribution in [0.1, 0.15) is 27.0 Å². The van der Waals surface area contributed by atoms with Crippen molar-refractivity contribution in [1.82, 2.24) is 14.6 Å². The monoisotopic (exact) mass is 537 g/mol. The van der Waals surface area contributed by atoms with Crippen molar-refractivity contribution >= 4 is 19.5 Å². The second kappa shape index (κ2) is 12.2. The maximum Gasteiger partial charge on any atom is 0.459 e. The van der Waals surface area contributed by atoms with E-state index in [1.807, 2.05) is 0 Å². The summed E-state index contributed by atoms with van der Waals surface area (Å²) in [5.41, 5.74) is 13.7. The third kappa shape index (κ3) is 7.29. The van der Waals surface area contributed by atoms with Crippen LogP contribution in [0, 0.1) is 0 Å². The van der Waals surface area contributed by atoms with Crippen molar-refractivity contribution in [3.63, 3.8) is 0 Å². The van der Waals surface area contributed by atoms with Crippen LogP contribution in [-0.2, 0) is 23.4 Å². The molecule has 0 radical (unpaired) electrons. The van der Waals surface area contributed by atoms with Crippen LogP contribution in [0.25, 0.3) is 10.4 Å². The van der Waals surface area contributed by atoms with Crippen LogP contribution in [0.5, 0.6) is 5.75 Å². The summed E-state index contributed by atoms with van der Waals surface area (Å²) < 4.78 is 36.6. The van der Waals surface area contributed by atoms with Gasteiger partial charge in [-0.05, 0) is 44.5 Å². The summed E-state index contributed by atoms with van der Waals surface area (Å²) >= 11 is 0. The number of nitrogens with two attached hydrogens (primary N) is 1. The number of aromatic nitrogens is 2. The van der Waals surface area contributed by atoms with Gasteiger partial charge in [-0.2, -0.15) is 10.1 Å². The number of anilines is 1. The highest BCUT2D eigenvalue weighted by molar-refractivity contribution is 7.52. The van der Waals surface area contributed by atoms with E-state index in [-0.39, 0.29) is 11.6 Å².